The van der Waals surface area contributed by atoms with Crippen LogP contribution in [0.15, 0.2) is 53.4 Å². The van der Waals surface area contributed by atoms with E-state index in [0.717, 1.165) is 4.90 Å². The highest BCUT2D eigenvalue weighted by atomic mass is 32.2. The molecule has 0 aromatic heterocycles. The van der Waals surface area contributed by atoms with Crippen LogP contribution in [0.3, 0.4) is 0 Å². The van der Waals surface area contributed by atoms with Crippen molar-refractivity contribution in [1.82, 2.24) is 0 Å². The molecule has 2 aromatic carbocycles. The minimum absolute atomic E-state index is 0.0189. The number of nitrogens with zero attached hydrogens (tertiary/aromatic N) is 1. The molecule has 27 heavy (non-hydrogen) atoms. The third kappa shape index (κ3) is 4.92. The molecular weight excluding hydrogens is 368 g/mol. The Labute approximate surface area is 160 Å². The first kappa shape index (κ1) is 18.6. The maximum atomic E-state index is 12.1. The largest absolute Gasteiger partial charge is 0.485 e. The van der Waals surface area contributed by atoms with Crippen molar-refractivity contribution in [3.05, 3.63) is 48.5 Å². The second kappa shape index (κ2) is 8.96. The fourth-order valence-corrected chi connectivity index (χ4v) is 3.03. The maximum absolute atomic E-state index is 12.1. The number of nitriles is 1. The highest BCUT2D eigenvalue weighted by Crippen LogP contribution is 2.31. The molecule has 0 saturated carbocycles. The van der Waals surface area contributed by atoms with Crippen LogP contribution in [-0.2, 0) is 14.3 Å². The average Bonchev–Trinajstić information content (AvgIpc) is 2.71. The summed E-state index contributed by atoms with van der Waals surface area (Å²) in [4.78, 5) is 25.0. The van der Waals surface area contributed by atoms with Crippen molar-refractivity contribution in [2.24, 2.45) is 0 Å². The fraction of sp³-hybridized carbons (Fsp3) is 0.211. The van der Waals surface area contributed by atoms with Crippen molar-refractivity contribution in [2.45, 2.75) is 11.0 Å². The van der Waals surface area contributed by atoms with Crippen molar-refractivity contribution in [3.8, 4) is 17.6 Å². The number of benzene rings is 2. The third-order valence-corrected chi connectivity index (χ3v) is 4.51. The number of nitrogens with one attached hydrogen (secondary N) is 1. The lowest BCUT2D eigenvalue weighted by Crippen LogP contribution is -2.39. The number of ether oxygens (including phenoxy) is 3. The van der Waals surface area contributed by atoms with Gasteiger partial charge in [-0.15, -0.1) is 11.8 Å². The van der Waals surface area contributed by atoms with Gasteiger partial charge in [-0.05, 0) is 24.3 Å². The maximum Gasteiger partial charge on any atom is 0.351 e. The summed E-state index contributed by atoms with van der Waals surface area (Å²) in [6.07, 6.45) is -0.925. The molecule has 1 N–H and O–H groups in total. The molecule has 0 spiro atoms. The van der Waals surface area contributed by atoms with Crippen LogP contribution in [-0.4, -0.2) is 36.9 Å². The molecule has 0 saturated heterocycles. The van der Waals surface area contributed by atoms with E-state index in [1.54, 1.807) is 42.5 Å². The molecule has 0 unspecified atom stereocenters. The summed E-state index contributed by atoms with van der Waals surface area (Å²) in [7, 11) is 0. The molecule has 1 aliphatic rings. The third-order valence-electron chi connectivity index (χ3n) is 3.57. The lowest BCUT2D eigenvalue weighted by Gasteiger charge is -2.24. The molecule has 1 aliphatic heterocycles. The Hall–Kier alpha value is -3.18. The van der Waals surface area contributed by atoms with Crippen molar-refractivity contribution < 1.29 is 23.8 Å². The molecule has 3 rings (SSSR count). The monoisotopic (exact) mass is 384 g/mol. The van der Waals surface area contributed by atoms with Gasteiger partial charge in [0.15, 0.2) is 18.1 Å². The van der Waals surface area contributed by atoms with Gasteiger partial charge in [-0.25, -0.2) is 4.79 Å². The van der Waals surface area contributed by atoms with Crippen LogP contribution in [0.4, 0.5) is 5.69 Å². The lowest BCUT2D eigenvalue weighted by molar-refractivity contribution is -0.156. The van der Waals surface area contributed by atoms with Gasteiger partial charge in [-0.2, -0.15) is 5.26 Å². The molecule has 0 radical (unpaired) electrons. The van der Waals surface area contributed by atoms with E-state index < -0.39 is 24.6 Å². The number of hydrogen-bond donors (Lipinski definition) is 1. The molecule has 138 valence electrons. The second-order valence-electron chi connectivity index (χ2n) is 5.46. The smallest absolute Gasteiger partial charge is 0.351 e. The number of rotatable bonds is 6. The topological polar surface area (TPSA) is 97.7 Å². The number of amides is 1. The van der Waals surface area contributed by atoms with Gasteiger partial charge < -0.3 is 19.5 Å². The summed E-state index contributed by atoms with van der Waals surface area (Å²) in [6.45, 7) is -0.428. The highest BCUT2D eigenvalue weighted by molar-refractivity contribution is 7.99. The molecule has 0 fully saturated rings. The Morgan fingerprint density at radius 2 is 1.93 bits per heavy atom. The Bertz CT molecular complexity index is 880. The van der Waals surface area contributed by atoms with Gasteiger partial charge in [-0.1, -0.05) is 24.3 Å². The molecule has 1 heterocycles. The first-order valence-corrected chi connectivity index (χ1v) is 9.09. The van der Waals surface area contributed by atoms with E-state index in [4.69, 9.17) is 19.5 Å². The van der Waals surface area contributed by atoms with Gasteiger partial charge in [0.2, 0.25) is 6.10 Å². The first-order valence-electron chi connectivity index (χ1n) is 8.11. The zero-order chi connectivity index (χ0) is 19.1. The number of carbonyl (C=O) groups is 2. The molecule has 2 aromatic rings. The number of hydrogen-bond acceptors (Lipinski definition) is 7. The lowest BCUT2D eigenvalue weighted by atomic mass is 10.2. The van der Waals surface area contributed by atoms with Crippen LogP contribution >= 0.6 is 11.8 Å². The summed E-state index contributed by atoms with van der Waals surface area (Å²) in [6, 6.07) is 16.1. The Morgan fingerprint density at radius 1 is 1.19 bits per heavy atom. The van der Waals surface area contributed by atoms with Crippen molar-refractivity contribution in [3.63, 3.8) is 0 Å². The predicted octanol–water partition coefficient (Wildman–Crippen LogP) is 2.62. The first-order chi connectivity index (χ1) is 13.2. The summed E-state index contributed by atoms with van der Waals surface area (Å²) >= 11 is 1.31. The molecule has 7 nitrogen and oxygen atoms in total. The van der Waals surface area contributed by atoms with Crippen molar-refractivity contribution in [1.29, 1.82) is 5.26 Å². The van der Waals surface area contributed by atoms with Gasteiger partial charge in [-0.3, -0.25) is 4.79 Å². The van der Waals surface area contributed by atoms with Gasteiger partial charge in [0.25, 0.3) is 5.91 Å². The van der Waals surface area contributed by atoms with Gasteiger partial charge in [0.1, 0.15) is 6.61 Å². The molecule has 0 bridgehead atoms. The molecule has 8 heteroatoms. The number of thioether (sulfide) groups is 1. The minimum atomic E-state index is -0.925. The van der Waals surface area contributed by atoms with Crippen molar-refractivity contribution >= 4 is 29.3 Å². The minimum Gasteiger partial charge on any atom is -0.485 e. The normalized spacial score (nSPS) is 14.7. The summed E-state index contributed by atoms with van der Waals surface area (Å²) < 4.78 is 16.0. The number of anilines is 1. The van der Waals surface area contributed by atoms with E-state index in [9.17, 15) is 9.59 Å². The Balaban J connectivity index is 1.51. The zero-order valence-electron chi connectivity index (χ0n) is 14.2. The number of para-hydroxylation sites is 3. The van der Waals surface area contributed by atoms with Crippen LogP contribution in [0.1, 0.15) is 0 Å². The number of carbonyl (C=O) groups excluding carboxylic acids is 2. The van der Waals surface area contributed by atoms with Gasteiger partial charge in [0.05, 0.1) is 17.5 Å². The SMILES string of the molecule is N#CCSc1ccccc1NC(=O)COC(=O)[C@@H]1COc2ccccc2O1. The Morgan fingerprint density at radius 3 is 2.74 bits per heavy atom. The average molecular weight is 384 g/mol. The van der Waals surface area contributed by atoms with E-state index in [0.29, 0.717) is 17.2 Å². The fourth-order valence-electron chi connectivity index (χ4n) is 2.36. The van der Waals surface area contributed by atoms with E-state index in [1.165, 1.54) is 11.8 Å². The van der Waals surface area contributed by atoms with Crippen LogP contribution in [0, 0.1) is 11.3 Å². The van der Waals surface area contributed by atoms with E-state index in [-0.39, 0.29) is 12.4 Å². The van der Waals surface area contributed by atoms with E-state index >= 15 is 0 Å². The van der Waals surface area contributed by atoms with Crippen molar-refractivity contribution in [2.75, 3.05) is 24.3 Å². The van der Waals surface area contributed by atoms with Crippen LogP contribution in [0.5, 0.6) is 11.5 Å². The van der Waals surface area contributed by atoms with Crippen LogP contribution < -0.4 is 14.8 Å². The molecule has 1 atom stereocenters. The second-order valence-corrected chi connectivity index (χ2v) is 6.48. The number of esters is 1. The summed E-state index contributed by atoms with van der Waals surface area (Å²) in [5, 5.41) is 11.4. The van der Waals surface area contributed by atoms with E-state index in [2.05, 4.69) is 5.32 Å². The van der Waals surface area contributed by atoms with E-state index in [1.807, 2.05) is 12.1 Å². The Kier molecular flexibility index (Phi) is 6.18. The van der Waals surface area contributed by atoms with Crippen LogP contribution in [0.25, 0.3) is 0 Å². The number of fused-ring (bicyclic) bond motifs is 1. The van der Waals surface area contributed by atoms with Crippen LogP contribution in [0.2, 0.25) is 0 Å². The molecular formula is C19H16N2O5S. The molecule has 1 amide bonds. The highest BCUT2D eigenvalue weighted by Gasteiger charge is 2.29. The zero-order valence-corrected chi connectivity index (χ0v) is 15.0. The van der Waals surface area contributed by atoms with Gasteiger partial charge >= 0.3 is 5.97 Å². The quantitative estimate of drug-likeness (QED) is 0.604. The summed E-state index contributed by atoms with van der Waals surface area (Å²) in [5.74, 6) is 0.129. The van der Waals surface area contributed by atoms with Gasteiger partial charge in [0, 0.05) is 4.90 Å². The molecule has 0 aliphatic carbocycles. The standard InChI is InChI=1S/C19H16N2O5S/c20-9-10-27-17-8-4-1-5-13(17)21-18(22)12-25-19(23)16-11-24-14-6-2-3-7-15(14)26-16/h1-8,16H,10-12H2,(H,21,22)/t16-/m0/s1. The predicted molar refractivity (Wildman–Crippen MR) is 98.7 cm³/mol. The summed E-state index contributed by atoms with van der Waals surface area (Å²) in [5.41, 5.74) is 0.560.